The van der Waals surface area contributed by atoms with E-state index in [1.165, 1.54) is 5.56 Å². The van der Waals surface area contributed by atoms with Gasteiger partial charge in [0.05, 0.1) is 11.4 Å². The average molecular weight is 402 g/mol. The van der Waals surface area contributed by atoms with E-state index in [1.54, 1.807) is 12.1 Å². The summed E-state index contributed by atoms with van der Waals surface area (Å²) in [4.78, 5) is 11.8. The first kappa shape index (κ1) is 17.9. The zero-order valence-electron chi connectivity index (χ0n) is 15.8. The molecule has 4 aliphatic heterocycles. The van der Waals surface area contributed by atoms with Crippen LogP contribution >= 0.6 is 0 Å². The predicted octanol–water partition coefficient (Wildman–Crippen LogP) is 1.24. The van der Waals surface area contributed by atoms with Gasteiger partial charge < -0.3 is 19.4 Å². The van der Waals surface area contributed by atoms with Crippen molar-refractivity contribution < 1.29 is 22.2 Å². The molecule has 2 N–H and O–H groups in total. The first-order valence-corrected chi connectivity index (χ1v) is 11.3. The third kappa shape index (κ3) is 2.70. The lowest BCUT2D eigenvalue weighted by atomic mass is 9.99. The number of carbonyl (C=O) groups excluding carboxylic acids is 1. The van der Waals surface area contributed by atoms with Crippen molar-refractivity contribution in [1.82, 2.24) is 0 Å². The molecule has 0 radical (unpaired) electrons. The van der Waals surface area contributed by atoms with Gasteiger partial charge in [0, 0.05) is 6.42 Å². The molecule has 8 heteroatoms. The molecule has 3 saturated heterocycles. The number of nitrogens with two attached hydrogens (primary N) is 1. The van der Waals surface area contributed by atoms with Crippen LogP contribution in [0.2, 0.25) is 0 Å². The molecule has 4 heterocycles. The number of benzene rings is 2. The highest BCUT2D eigenvalue weighted by molar-refractivity contribution is 7.95. The summed E-state index contributed by atoms with van der Waals surface area (Å²) in [5.41, 5.74) is 7.21. The maximum atomic E-state index is 12.3. The van der Waals surface area contributed by atoms with Crippen molar-refractivity contribution in [1.29, 1.82) is 0 Å². The highest BCUT2D eigenvalue weighted by atomic mass is 32.2. The van der Waals surface area contributed by atoms with E-state index in [2.05, 4.69) is 4.72 Å². The van der Waals surface area contributed by atoms with Gasteiger partial charge in [-0.2, -0.15) is 0 Å². The van der Waals surface area contributed by atoms with Crippen molar-refractivity contribution in [2.75, 3.05) is 52.4 Å². The second kappa shape index (κ2) is 5.92. The number of rotatable bonds is 5. The Morgan fingerprint density at radius 1 is 1.00 bits per heavy atom. The van der Waals surface area contributed by atoms with Crippen molar-refractivity contribution in [3.63, 3.8) is 0 Å². The second-order valence-corrected chi connectivity index (χ2v) is 10.2. The zero-order valence-corrected chi connectivity index (χ0v) is 16.6. The molecule has 2 aromatic rings. The summed E-state index contributed by atoms with van der Waals surface area (Å²) >= 11 is 0. The van der Waals surface area contributed by atoms with Crippen molar-refractivity contribution in [3.05, 3.63) is 40.6 Å². The van der Waals surface area contributed by atoms with Gasteiger partial charge in [-0.25, -0.2) is 8.42 Å². The molecular weight excluding hydrogens is 376 g/mol. The summed E-state index contributed by atoms with van der Waals surface area (Å²) in [6, 6.07) is 9.34. The lowest BCUT2D eigenvalue weighted by Gasteiger charge is -2.55. The van der Waals surface area contributed by atoms with Gasteiger partial charge in [-0.15, -0.1) is 5.69 Å². The molecule has 0 atom stereocenters. The number of primary amides is 1. The molecule has 7 nitrogen and oxygen atoms in total. The van der Waals surface area contributed by atoms with Crippen LogP contribution in [0.15, 0.2) is 35.2 Å². The van der Waals surface area contributed by atoms with Crippen molar-refractivity contribution >= 4 is 32.4 Å². The Kier molecular flexibility index (Phi) is 3.78. The van der Waals surface area contributed by atoms with Gasteiger partial charge in [0.15, 0.2) is 6.54 Å². The van der Waals surface area contributed by atoms with E-state index >= 15 is 0 Å². The third-order valence-electron chi connectivity index (χ3n) is 7.06. The Hall–Kier alpha value is -2.16. The normalized spacial score (nSPS) is 29.7. The highest BCUT2D eigenvalue weighted by Crippen LogP contribution is 2.46. The van der Waals surface area contributed by atoms with Gasteiger partial charge in [-0.1, -0.05) is 24.3 Å². The topological polar surface area (TPSA) is 91.3 Å². The van der Waals surface area contributed by atoms with Crippen molar-refractivity contribution in [2.45, 2.75) is 11.3 Å². The minimum atomic E-state index is -3.56. The van der Waals surface area contributed by atoms with E-state index in [0.717, 1.165) is 72.0 Å². The summed E-state index contributed by atoms with van der Waals surface area (Å²) < 4.78 is 30.4. The van der Waals surface area contributed by atoms with Crippen LogP contribution in [-0.2, 0) is 21.2 Å². The smallest absolute Gasteiger partial charge is 0.272 e. The van der Waals surface area contributed by atoms with Crippen LogP contribution in [-0.4, -0.2) is 75.6 Å². The van der Waals surface area contributed by atoms with Crippen LogP contribution < -0.4 is 5.73 Å². The van der Waals surface area contributed by atoms with E-state index in [1.807, 2.05) is 18.2 Å². The molecule has 2 aromatic carbocycles. The number of nitrogens with zero attached hydrogens (tertiary/aromatic N) is 3. The van der Waals surface area contributed by atoms with Gasteiger partial charge in [0.2, 0.25) is 0 Å². The number of amides is 1. The Bertz CT molecular complexity index is 1070. The summed E-state index contributed by atoms with van der Waals surface area (Å²) in [5, 5.41) is 1.78. The lowest BCUT2D eigenvalue weighted by molar-refractivity contribution is -1.08. The standard InChI is InChI=1S/C20H24N4O3S/c21-19(25)14-24-11-8-23(9-12-24,10-13-24)7-6-15-4-5-18-20-16(15)2-1-3-17(20)22-28(18,26)27/h1-5H,6-14H2,(H-,21,25)/p+1. The predicted molar refractivity (Wildman–Crippen MR) is 107 cm³/mol. The monoisotopic (exact) mass is 401 g/mol. The molecule has 3 fully saturated rings. The fraction of sp³-hybridized carbons (Fsp3) is 0.450. The number of quaternary nitrogens is 2. The van der Waals surface area contributed by atoms with Crippen LogP contribution in [0.25, 0.3) is 15.5 Å². The number of carbonyl (C=O) groups is 1. The molecule has 6 rings (SSSR count). The van der Waals surface area contributed by atoms with Crippen LogP contribution in [0.4, 0.5) is 5.69 Å². The molecule has 2 bridgehead atoms. The van der Waals surface area contributed by atoms with Crippen LogP contribution in [0.5, 0.6) is 0 Å². The molecular formula is C20H25N4O3S+. The molecule has 0 aromatic heterocycles. The number of hydrogen-bond acceptors (Lipinski definition) is 3. The average Bonchev–Trinajstić information content (AvgIpc) is 2.93. The number of piperazine rings is 3. The van der Waals surface area contributed by atoms with Gasteiger partial charge in [-0.05, 0) is 22.4 Å². The Labute approximate surface area is 164 Å². The van der Waals surface area contributed by atoms with E-state index in [0.29, 0.717) is 17.1 Å². The molecule has 4 aliphatic rings. The SMILES string of the molecule is NC(=O)C[N+]12CC[N+](CCc3ccc4c5c(cccc35)[N-]S4(=O)=O)(CC1)CC2. The van der Waals surface area contributed by atoms with Gasteiger partial charge in [0.1, 0.15) is 49.3 Å². The zero-order chi connectivity index (χ0) is 19.6. The van der Waals surface area contributed by atoms with E-state index in [-0.39, 0.29) is 5.91 Å². The Morgan fingerprint density at radius 3 is 2.36 bits per heavy atom. The highest BCUT2D eigenvalue weighted by Gasteiger charge is 2.49. The van der Waals surface area contributed by atoms with Crippen molar-refractivity contribution in [2.24, 2.45) is 5.73 Å². The number of sulfonamides is 1. The first-order chi connectivity index (χ1) is 13.3. The maximum Gasteiger partial charge on any atom is 0.272 e. The molecule has 1 amide bonds. The van der Waals surface area contributed by atoms with Crippen molar-refractivity contribution in [3.8, 4) is 0 Å². The molecule has 0 saturated carbocycles. The maximum absolute atomic E-state index is 12.3. The van der Waals surface area contributed by atoms with Crippen LogP contribution in [0.3, 0.4) is 0 Å². The molecule has 0 spiro atoms. The molecule has 0 aliphatic carbocycles. The van der Waals surface area contributed by atoms with Crippen LogP contribution in [0.1, 0.15) is 5.56 Å². The molecule has 148 valence electrons. The van der Waals surface area contributed by atoms with Gasteiger partial charge in [-0.3, -0.25) is 4.79 Å². The number of fused-ring (bicyclic) bond motifs is 3. The first-order valence-electron chi connectivity index (χ1n) is 9.83. The summed E-state index contributed by atoms with van der Waals surface area (Å²) in [5.74, 6) is -0.199. The Balaban J connectivity index is 1.38. The minimum Gasteiger partial charge on any atom is -0.572 e. The lowest BCUT2D eigenvalue weighted by Crippen LogP contribution is -2.76. The van der Waals surface area contributed by atoms with Gasteiger partial charge >= 0.3 is 0 Å². The Morgan fingerprint density at radius 2 is 1.68 bits per heavy atom. The molecule has 28 heavy (non-hydrogen) atoms. The van der Waals surface area contributed by atoms with E-state index in [4.69, 9.17) is 5.73 Å². The van der Waals surface area contributed by atoms with Crippen LogP contribution in [0, 0.1) is 0 Å². The van der Waals surface area contributed by atoms with E-state index < -0.39 is 10.0 Å². The summed E-state index contributed by atoms with van der Waals surface area (Å²) in [6.07, 6.45) is 0.913. The minimum absolute atomic E-state index is 0.199. The summed E-state index contributed by atoms with van der Waals surface area (Å²) in [7, 11) is -3.56. The number of hydrogen-bond donors (Lipinski definition) is 1. The summed E-state index contributed by atoms with van der Waals surface area (Å²) in [6.45, 7) is 7.80. The quantitative estimate of drug-likeness (QED) is 0.764. The second-order valence-electron chi connectivity index (χ2n) is 8.61. The molecule has 0 unspecified atom stereocenters. The van der Waals surface area contributed by atoms with E-state index in [9.17, 15) is 13.2 Å². The largest absolute Gasteiger partial charge is 0.572 e. The fourth-order valence-corrected chi connectivity index (χ4v) is 6.53. The third-order valence-corrected chi connectivity index (χ3v) is 8.39. The fourth-order valence-electron chi connectivity index (χ4n) is 5.31. The van der Waals surface area contributed by atoms with Gasteiger partial charge in [0.25, 0.3) is 5.91 Å².